The van der Waals surface area contributed by atoms with Crippen LogP contribution in [0, 0.1) is 25.7 Å². The monoisotopic (exact) mass is 245 g/mol. The molecule has 2 atom stereocenters. The Morgan fingerprint density at radius 3 is 2.39 bits per heavy atom. The molecule has 2 N–H and O–H groups in total. The van der Waals surface area contributed by atoms with Gasteiger partial charge in [-0.1, -0.05) is 37.6 Å². The summed E-state index contributed by atoms with van der Waals surface area (Å²) in [6.45, 7) is 9.06. The molecule has 0 aromatic heterocycles. The van der Waals surface area contributed by atoms with Crippen molar-refractivity contribution in [3.8, 4) is 0 Å². The molecule has 2 rings (SSSR count). The van der Waals surface area contributed by atoms with Gasteiger partial charge in [0, 0.05) is 5.54 Å². The van der Waals surface area contributed by atoms with Crippen LogP contribution in [0.25, 0.3) is 0 Å². The fourth-order valence-electron chi connectivity index (χ4n) is 3.84. The number of hydrogen-bond acceptors (Lipinski definition) is 1. The van der Waals surface area contributed by atoms with E-state index in [1.807, 2.05) is 0 Å². The molecule has 0 spiro atoms. The summed E-state index contributed by atoms with van der Waals surface area (Å²) in [5.41, 5.74) is 10.9. The highest BCUT2D eigenvalue weighted by molar-refractivity contribution is 5.32. The molecule has 0 amide bonds. The first-order valence-electron chi connectivity index (χ1n) is 7.23. The predicted octanol–water partition coefficient (Wildman–Crippen LogP) is 4.00. The quantitative estimate of drug-likeness (QED) is 0.837. The molecule has 18 heavy (non-hydrogen) atoms. The molecule has 2 unspecified atom stereocenters. The summed E-state index contributed by atoms with van der Waals surface area (Å²) in [5, 5.41) is 0. The van der Waals surface area contributed by atoms with E-state index in [0.29, 0.717) is 0 Å². The lowest BCUT2D eigenvalue weighted by atomic mass is 9.69. The lowest BCUT2D eigenvalue weighted by molar-refractivity contribution is 0.182. The number of nitrogens with two attached hydrogens (primary N) is 1. The van der Waals surface area contributed by atoms with Crippen molar-refractivity contribution >= 4 is 0 Å². The summed E-state index contributed by atoms with van der Waals surface area (Å²) >= 11 is 0. The zero-order valence-corrected chi connectivity index (χ0v) is 12.3. The second-order valence-electron chi connectivity index (χ2n) is 6.82. The number of benzene rings is 1. The highest BCUT2D eigenvalue weighted by Crippen LogP contribution is 2.36. The van der Waals surface area contributed by atoms with Crippen molar-refractivity contribution in [2.45, 2.75) is 58.9 Å². The third-order valence-electron chi connectivity index (χ3n) is 4.36. The minimum absolute atomic E-state index is 0.00956. The standard InChI is InChI=1S/C17H27N/c1-12-5-6-15(4)16(8-12)11-17(18)9-13(2)7-14(3)10-17/h5-6,8,13-14H,7,9-11,18H2,1-4H3. The third kappa shape index (κ3) is 3.14. The van der Waals surface area contributed by atoms with Crippen molar-refractivity contribution in [2.24, 2.45) is 17.6 Å². The van der Waals surface area contributed by atoms with Crippen LogP contribution in [-0.2, 0) is 6.42 Å². The van der Waals surface area contributed by atoms with Crippen LogP contribution < -0.4 is 5.73 Å². The van der Waals surface area contributed by atoms with Gasteiger partial charge in [0.1, 0.15) is 0 Å². The normalized spacial score (nSPS) is 32.5. The van der Waals surface area contributed by atoms with Gasteiger partial charge in [0.25, 0.3) is 0 Å². The Balaban J connectivity index is 2.18. The van der Waals surface area contributed by atoms with Crippen molar-refractivity contribution in [3.05, 3.63) is 34.9 Å². The lowest BCUT2D eigenvalue weighted by Gasteiger charge is -2.40. The minimum Gasteiger partial charge on any atom is -0.325 e. The molecule has 1 aromatic carbocycles. The first-order chi connectivity index (χ1) is 8.38. The maximum absolute atomic E-state index is 6.69. The Labute approximate surface area is 112 Å². The van der Waals surface area contributed by atoms with Crippen LogP contribution in [0.15, 0.2) is 18.2 Å². The van der Waals surface area contributed by atoms with E-state index in [9.17, 15) is 0 Å². The molecular formula is C17H27N. The van der Waals surface area contributed by atoms with Gasteiger partial charge in [0.2, 0.25) is 0 Å². The van der Waals surface area contributed by atoms with Crippen LogP contribution in [0.3, 0.4) is 0 Å². The van der Waals surface area contributed by atoms with Crippen LogP contribution >= 0.6 is 0 Å². The van der Waals surface area contributed by atoms with Crippen molar-refractivity contribution in [3.63, 3.8) is 0 Å². The SMILES string of the molecule is Cc1ccc(C)c(CC2(N)CC(C)CC(C)C2)c1. The van der Waals surface area contributed by atoms with Crippen molar-refractivity contribution in [1.82, 2.24) is 0 Å². The van der Waals surface area contributed by atoms with Gasteiger partial charge in [-0.3, -0.25) is 0 Å². The van der Waals surface area contributed by atoms with Gasteiger partial charge in [-0.25, -0.2) is 0 Å². The first-order valence-corrected chi connectivity index (χ1v) is 7.23. The Morgan fingerprint density at radius 1 is 1.17 bits per heavy atom. The summed E-state index contributed by atoms with van der Waals surface area (Å²) in [6.07, 6.45) is 4.72. The van der Waals surface area contributed by atoms with E-state index in [2.05, 4.69) is 45.9 Å². The Hall–Kier alpha value is -0.820. The molecule has 0 bridgehead atoms. The third-order valence-corrected chi connectivity index (χ3v) is 4.36. The van der Waals surface area contributed by atoms with E-state index in [4.69, 9.17) is 5.73 Å². The van der Waals surface area contributed by atoms with E-state index in [0.717, 1.165) is 18.3 Å². The fourth-order valence-corrected chi connectivity index (χ4v) is 3.84. The minimum atomic E-state index is 0.00956. The summed E-state index contributed by atoms with van der Waals surface area (Å²) < 4.78 is 0. The van der Waals surface area contributed by atoms with E-state index in [-0.39, 0.29) is 5.54 Å². The number of rotatable bonds is 2. The number of aryl methyl sites for hydroxylation is 2. The molecule has 1 nitrogen and oxygen atoms in total. The van der Waals surface area contributed by atoms with Crippen LogP contribution in [0.5, 0.6) is 0 Å². The Morgan fingerprint density at radius 2 is 1.78 bits per heavy atom. The maximum Gasteiger partial charge on any atom is 0.0200 e. The van der Waals surface area contributed by atoms with Gasteiger partial charge in [0.15, 0.2) is 0 Å². The van der Waals surface area contributed by atoms with Crippen molar-refractivity contribution in [2.75, 3.05) is 0 Å². The van der Waals surface area contributed by atoms with Gasteiger partial charge in [-0.2, -0.15) is 0 Å². The second kappa shape index (κ2) is 5.05. The molecule has 1 fully saturated rings. The molecular weight excluding hydrogens is 218 g/mol. The molecule has 0 saturated heterocycles. The summed E-state index contributed by atoms with van der Waals surface area (Å²) in [6, 6.07) is 6.73. The molecule has 0 heterocycles. The molecule has 1 aromatic rings. The van der Waals surface area contributed by atoms with Crippen molar-refractivity contribution in [1.29, 1.82) is 0 Å². The largest absolute Gasteiger partial charge is 0.325 e. The Kier molecular flexibility index (Phi) is 3.82. The smallest absolute Gasteiger partial charge is 0.0200 e. The highest BCUT2D eigenvalue weighted by atomic mass is 14.8. The summed E-state index contributed by atoms with van der Waals surface area (Å²) in [7, 11) is 0. The van der Waals surface area contributed by atoms with Gasteiger partial charge in [-0.15, -0.1) is 0 Å². The van der Waals surface area contributed by atoms with Crippen LogP contribution in [-0.4, -0.2) is 5.54 Å². The molecule has 100 valence electrons. The van der Waals surface area contributed by atoms with E-state index in [1.54, 1.807) is 0 Å². The van der Waals surface area contributed by atoms with Crippen LogP contribution in [0.1, 0.15) is 49.8 Å². The lowest BCUT2D eigenvalue weighted by Crippen LogP contribution is -2.48. The second-order valence-corrected chi connectivity index (χ2v) is 6.82. The molecule has 0 aliphatic heterocycles. The molecule has 1 aliphatic rings. The average molecular weight is 245 g/mol. The van der Waals surface area contributed by atoms with E-state index >= 15 is 0 Å². The van der Waals surface area contributed by atoms with Crippen LogP contribution in [0.4, 0.5) is 0 Å². The number of hydrogen-bond donors (Lipinski definition) is 1. The summed E-state index contributed by atoms with van der Waals surface area (Å²) in [4.78, 5) is 0. The zero-order chi connectivity index (χ0) is 13.3. The Bertz CT molecular complexity index is 412. The predicted molar refractivity (Wildman–Crippen MR) is 78.7 cm³/mol. The van der Waals surface area contributed by atoms with Gasteiger partial charge in [0.05, 0.1) is 0 Å². The van der Waals surface area contributed by atoms with Gasteiger partial charge in [-0.05, 0) is 62.5 Å². The van der Waals surface area contributed by atoms with Gasteiger partial charge >= 0.3 is 0 Å². The van der Waals surface area contributed by atoms with Gasteiger partial charge < -0.3 is 5.73 Å². The fraction of sp³-hybridized carbons (Fsp3) is 0.647. The molecule has 0 radical (unpaired) electrons. The zero-order valence-electron chi connectivity index (χ0n) is 12.3. The first kappa shape index (κ1) is 13.6. The average Bonchev–Trinajstić information content (AvgIpc) is 2.21. The van der Waals surface area contributed by atoms with Crippen LogP contribution in [0.2, 0.25) is 0 Å². The molecule has 1 heteroatoms. The van der Waals surface area contributed by atoms with E-state index < -0.39 is 0 Å². The molecule has 1 saturated carbocycles. The van der Waals surface area contributed by atoms with E-state index in [1.165, 1.54) is 36.0 Å². The topological polar surface area (TPSA) is 26.0 Å². The maximum atomic E-state index is 6.69. The molecule has 1 aliphatic carbocycles. The van der Waals surface area contributed by atoms with Crippen molar-refractivity contribution < 1.29 is 0 Å². The highest BCUT2D eigenvalue weighted by Gasteiger charge is 2.34. The summed E-state index contributed by atoms with van der Waals surface area (Å²) in [5.74, 6) is 1.53.